The van der Waals surface area contributed by atoms with E-state index in [1.165, 1.54) is 90.2 Å². The molecule has 0 N–H and O–H groups in total. The summed E-state index contributed by atoms with van der Waals surface area (Å²) in [5.74, 6) is -1.44. The van der Waals surface area contributed by atoms with Crippen LogP contribution in [0.15, 0.2) is 12.1 Å². The smallest absolute Gasteiger partial charge is 0.328 e. The van der Waals surface area contributed by atoms with Crippen molar-refractivity contribution in [3.63, 3.8) is 0 Å². The molecule has 0 atom stereocenters. The van der Waals surface area contributed by atoms with Crippen LogP contribution in [0.25, 0.3) is 0 Å². The minimum Gasteiger partial charge on any atom is -0.465 e. The molecule has 1 aromatic carbocycles. The molecular formula is C26H39Cl3O4. The topological polar surface area (TPSA) is 52.6 Å². The molecule has 1 aromatic rings. The summed E-state index contributed by atoms with van der Waals surface area (Å²) in [6.07, 6.45) is 16.2. The Morgan fingerprint density at radius 3 is 1.61 bits per heavy atom. The molecule has 0 fully saturated rings. The maximum atomic E-state index is 12.5. The van der Waals surface area contributed by atoms with E-state index in [0.717, 1.165) is 19.3 Å². The molecule has 0 unspecified atom stereocenters. The third-order valence-electron chi connectivity index (χ3n) is 5.66. The van der Waals surface area contributed by atoms with Crippen LogP contribution < -0.4 is 4.74 Å². The monoisotopic (exact) mass is 520 g/mol. The Kier molecular flexibility index (Phi) is 15.1. The van der Waals surface area contributed by atoms with E-state index < -0.39 is 17.4 Å². The number of halogens is 3. The van der Waals surface area contributed by atoms with Gasteiger partial charge in [0.1, 0.15) is 0 Å². The fraction of sp³-hybridized carbons (Fsp3) is 0.692. The number of rotatable bonds is 17. The number of benzene rings is 1. The molecule has 0 radical (unpaired) electrons. The summed E-state index contributed by atoms with van der Waals surface area (Å²) in [6, 6.07) is 2.83. The largest absolute Gasteiger partial charge is 0.465 e. The zero-order valence-electron chi connectivity index (χ0n) is 20.3. The van der Waals surface area contributed by atoms with E-state index in [-0.39, 0.29) is 22.4 Å². The van der Waals surface area contributed by atoms with Gasteiger partial charge in [0.2, 0.25) is 0 Å². The molecule has 0 aliphatic heterocycles. The molecule has 0 bridgehead atoms. The molecule has 0 aliphatic carbocycles. The minimum atomic E-state index is -1.48. The first-order chi connectivity index (χ1) is 15.7. The third kappa shape index (κ3) is 11.8. The molecule has 0 saturated carbocycles. The van der Waals surface area contributed by atoms with Crippen LogP contribution in [0.4, 0.5) is 0 Å². The van der Waals surface area contributed by atoms with Gasteiger partial charge in [-0.25, -0.2) is 0 Å². The van der Waals surface area contributed by atoms with Crippen LogP contribution in [0, 0.1) is 5.41 Å². The van der Waals surface area contributed by atoms with Crippen molar-refractivity contribution < 1.29 is 19.1 Å². The normalized spacial score (nSPS) is 11.5. The molecule has 0 saturated heterocycles. The van der Waals surface area contributed by atoms with Crippen LogP contribution in [0.3, 0.4) is 0 Å². The van der Waals surface area contributed by atoms with Crippen LogP contribution in [-0.4, -0.2) is 18.5 Å². The lowest BCUT2D eigenvalue weighted by Crippen LogP contribution is -2.38. The van der Waals surface area contributed by atoms with E-state index in [1.54, 1.807) is 0 Å². The number of unbranched alkanes of at least 4 members (excludes halogenated alkanes) is 12. The zero-order valence-corrected chi connectivity index (χ0v) is 22.6. The van der Waals surface area contributed by atoms with E-state index in [2.05, 4.69) is 6.92 Å². The van der Waals surface area contributed by atoms with Crippen molar-refractivity contribution in [3.8, 4) is 5.75 Å². The molecule has 0 spiro atoms. The molecule has 7 heteroatoms. The van der Waals surface area contributed by atoms with Crippen LogP contribution >= 0.6 is 34.8 Å². The Labute approximate surface area is 214 Å². The Morgan fingerprint density at radius 2 is 1.15 bits per heavy atom. The summed E-state index contributed by atoms with van der Waals surface area (Å²) in [7, 11) is 0. The van der Waals surface area contributed by atoms with E-state index in [9.17, 15) is 9.59 Å². The van der Waals surface area contributed by atoms with Gasteiger partial charge in [-0.05, 0) is 32.4 Å². The predicted octanol–water partition coefficient (Wildman–Crippen LogP) is 9.21. The lowest BCUT2D eigenvalue weighted by Gasteiger charge is -2.21. The number of esters is 2. The Morgan fingerprint density at radius 1 is 0.727 bits per heavy atom. The maximum absolute atomic E-state index is 12.5. The van der Waals surface area contributed by atoms with Gasteiger partial charge < -0.3 is 9.47 Å². The van der Waals surface area contributed by atoms with Crippen molar-refractivity contribution in [1.82, 2.24) is 0 Å². The molecule has 0 aliphatic rings. The lowest BCUT2D eigenvalue weighted by molar-refractivity contribution is -0.164. The second kappa shape index (κ2) is 16.6. The van der Waals surface area contributed by atoms with Crippen molar-refractivity contribution in [2.45, 2.75) is 104 Å². The van der Waals surface area contributed by atoms with Crippen LogP contribution in [-0.2, 0) is 14.3 Å². The van der Waals surface area contributed by atoms with Gasteiger partial charge in [0.05, 0.1) is 16.7 Å². The quantitative estimate of drug-likeness (QED) is 0.0887. The first kappa shape index (κ1) is 30.1. The number of hydrogen-bond acceptors (Lipinski definition) is 4. The molecule has 188 valence electrons. The fourth-order valence-electron chi connectivity index (χ4n) is 3.40. The Bertz CT molecular complexity index is 711. The number of carbonyl (C=O) groups excluding carboxylic acids is 2. The third-order valence-corrected chi connectivity index (χ3v) is 6.44. The first-order valence-electron chi connectivity index (χ1n) is 12.2. The molecule has 33 heavy (non-hydrogen) atoms. The second-order valence-corrected chi connectivity index (χ2v) is 10.3. The summed E-state index contributed by atoms with van der Waals surface area (Å²) < 4.78 is 10.6. The van der Waals surface area contributed by atoms with E-state index in [1.807, 2.05) is 0 Å². The number of hydrogen-bond donors (Lipinski definition) is 0. The van der Waals surface area contributed by atoms with Crippen molar-refractivity contribution in [2.75, 3.05) is 6.61 Å². The highest BCUT2D eigenvalue weighted by Gasteiger charge is 2.40. The average Bonchev–Trinajstić information content (AvgIpc) is 2.75. The van der Waals surface area contributed by atoms with Gasteiger partial charge in [-0.15, -0.1) is 0 Å². The van der Waals surface area contributed by atoms with Gasteiger partial charge >= 0.3 is 11.9 Å². The van der Waals surface area contributed by atoms with Gasteiger partial charge in [0, 0.05) is 5.02 Å². The Balaban J connectivity index is 2.18. The van der Waals surface area contributed by atoms with Crippen LogP contribution in [0.2, 0.25) is 15.1 Å². The van der Waals surface area contributed by atoms with Gasteiger partial charge in [0.25, 0.3) is 0 Å². The van der Waals surface area contributed by atoms with E-state index >= 15 is 0 Å². The van der Waals surface area contributed by atoms with Gasteiger partial charge in [-0.1, -0.05) is 119 Å². The summed E-state index contributed by atoms with van der Waals surface area (Å²) in [6.45, 7) is 5.45. The zero-order chi connectivity index (χ0) is 24.7. The minimum absolute atomic E-state index is 0.0231. The Hall–Kier alpha value is -0.970. The van der Waals surface area contributed by atoms with Crippen molar-refractivity contribution in [3.05, 3.63) is 27.2 Å². The van der Waals surface area contributed by atoms with E-state index in [0.29, 0.717) is 5.02 Å². The van der Waals surface area contributed by atoms with Gasteiger partial charge in [-0.3, -0.25) is 9.59 Å². The maximum Gasteiger partial charge on any atom is 0.328 e. The van der Waals surface area contributed by atoms with Gasteiger partial charge in [-0.2, -0.15) is 0 Å². The molecule has 0 aromatic heterocycles. The van der Waals surface area contributed by atoms with Crippen molar-refractivity contribution in [2.24, 2.45) is 5.41 Å². The van der Waals surface area contributed by atoms with Crippen LogP contribution in [0.5, 0.6) is 5.75 Å². The molecule has 0 heterocycles. The number of ether oxygens (including phenoxy) is 2. The SMILES string of the molecule is CCCCCCCCCCCCCCCOC(=O)C(C)(C)C(=O)Oc1c(Cl)cc(Cl)cc1Cl. The molecule has 1 rings (SSSR count). The summed E-state index contributed by atoms with van der Waals surface area (Å²) in [5, 5.41) is 0.509. The summed E-state index contributed by atoms with van der Waals surface area (Å²) in [5.41, 5.74) is -1.48. The van der Waals surface area contributed by atoms with Crippen molar-refractivity contribution >= 4 is 46.7 Å². The predicted molar refractivity (Wildman–Crippen MR) is 138 cm³/mol. The molecule has 4 nitrogen and oxygen atoms in total. The van der Waals surface area contributed by atoms with E-state index in [4.69, 9.17) is 44.3 Å². The second-order valence-electron chi connectivity index (χ2n) is 9.09. The van der Waals surface area contributed by atoms with Crippen molar-refractivity contribution in [1.29, 1.82) is 0 Å². The summed E-state index contributed by atoms with van der Waals surface area (Å²) >= 11 is 18.0. The first-order valence-corrected chi connectivity index (χ1v) is 13.4. The highest BCUT2D eigenvalue weighted by molar-refractivity contribution is 6.40. The fourth-order valence-corrected chi connectivity index (χ4v) is 4.29. The highest BCUT2D eigenvalue weighted by Crippen LogP contribution is 2.37. The molecular weight excluding hydrogens is 483 g/mol. The number of carbonyl (C=O) groups is 2. The average molecular weight is 522 g/mol. The standard InChI is InChI=1S/C26H39Cl3O4/c1-4-5-6-7-8-9-10-11-12-13-14-15-16-17-32-24(30)26(2,3)25(31)33-23-21(28)18-20(27)19-22(23)29/h18-19H,4-17H2,1-3H3. The summed E-state index contributed by atoms with van der Waals surface area (Å²) in [4.78, 5) is 25.0. The van der Waals surface area contributed by atoms with Gasteiger partial charge in [0.15, 0.2) is 11.2 Å². The van der Waals surface area contributed by atoms with Crippen LogP contribution in [0.1, 0.15) is 104 Å². The lowest BCUT2D eigenvalue weighted by atomic mass is 9.94. The highest BCUT2D eigenvalue weighted by atomic mass is 35.5. The molecule has 0 amide bonds.